The third kappa shape index (κ3) is 5.48. The van der Waals surface area contributed by atoms with Crippen molar-refractivity contribution in [3.63, 3.8) is 0 Å². The first-order chi connectivity index (χ1) is 14.0. The Hall–Kier alpha value is -3.06. The van der Waals surface area contributed by atoms with Crippen molar-refractivity contribution < 1.29 is 14.3 Å². The molecule has 1 fully saturated rings. The van der Waals surface area contributed by atoms with Gasteiger partial charge in [0.25, 0.3) is 5.91 Å². The molecule has 0 unspecified atom stereocenters. The van der Waals surface area contributed by atoms with Crippen molar-refractivity contribution in [1.82, 2.24) is 10.2 Å². The number of carbonyl (C=O) groups excluding carboxylic acids is 2. The van der Waals surface area contributed by atoms with E-state index in [1.807, 2.05) is 6.07 Å². The van der Waals surface area contributed by atoms with E-state index in [0.29, 0.717) is 22.7 Å². The summed E-state index contributed by atoms with van der Waals surface area (Å²) in [6.07, 6.45) is 1.78. The lowest BCUT2D eigenvalue weighted by atomic mass is 10.0. The molecule has 0 spiro atoms. The predicted octanol–water partition coefficient (Wildman–Crippen LogP) is 2.63. The molecule has 7 nitrogen and oxygen atoms in total. The zero-order valence-corrected chi connectivity index (χ0v) is 16.9. The van der Waals surface area contributed by atoms with Crippen molar-refractivity contribution in [3.8, 4) is 5.75 Å². The number of hydrogen-bond donors (Lipinski definition) is 3. The Labute approximate surface area is 171 Å². The molecule has 3 rings (SSSR count). The van der Waals surface area contributed by atoms with E-state index in [0.717, 1.165) is 32.5 Å². The second-order valence-electron chi connectivity index (χ2n) is 7.33. The number of hydrogen-bond acceptors (Lipinski definition) is 5. The lowest BCUT2D eigenvalue weighted by molar-refractivity contribution is -0.114. The lowest BCUT2D eigenvalue weighted by Gasteiger charge is -2.32. The van der Waals surface area contributed by atoms with E-state index in [1.54, 1.807) is 12.1 Å². The largest absolute Gasteiger partial charge is 0.496 e. The highest BCUT2D eigenvalue weighted by atomic mass is 16.5. The maximum absolute atomic E-state index is 12.8. The number of benzene rings is 2. The van der Waals surface area contributed by atoms with Gasteiger partial charge < -0.3 is 21.1 Å². The van der Waals surface area contributed by atoms with Gasteiger partial charge in [-0.1, -0.05) is 30.3 Å². The second-order valence-corrected chi connectivity index (χ2v) is 7.33. The Balaban J connectivity index is 1.59. The molecule has 0 saturated carbocycles. The summed E-state index contributed by atoms with van der Waals surface area (Å²) in [5, 5.41) is 5.73. The summed E-state index contributed by atoms with van der Waals surface area (Å²) < 4.78 is 5.34. The Morgan fingerprint density at radius 3 is 2.48 bits per heavy atom. The van der Waals surface area contributed by atoms with Gasteiger partial charge >= 0.3 is 0 Å². The maximum atomic E-state index is 12.8. The van der Waals surface area contributed by atoms with E-state index in [9.17, 15) is 9.59 Å². The van der Waals surface area contributed by atoms with E-state index in [1.165, 1.54) is 19.6 Å². The fourth-order valence-corrected chi connectivity index (χ4v) is 3.58. The summed E-state index contributed by atoms with van der Waals surface area (Å²) in [7, 11) is 1.49. The van der Waals surface area contributed by atoms with Gasteiger partial charge in [0, 0.05) is 38.7 Å². The van der Waals surface area contributed by atoms with Crippen LogP contribution in [0.3, 0.4) is 0 Å². The molecule has 1 aliphatic heterocycles. The molecule has 1 aliphatic rings. The Morgan fingerprint density at radius 2 is 1.86 bits per heavy atom. The van der Waals surface area contributed by atoms with Crippen molar-refractivity contribution in [2.24, 2.45) is 0 Å². The molecule has 2 aromatic carbocycles. The third-order valence-electron chi connectivity index (χ3n) is 5.10. The van der Waals surface area contributed by atoms with Crippen LogP contribution in [0.5, 0.6) is 5.75 Å². The quantitative estimate of drug-likeness (QED) is 0.652. The number of anilines is 2. The fourth-order valence-electron chi connectivity index (χ4n) is 3.58. The average Bonchev–Trinajstić information content (AvgIpc) is 2.71. The number of likely N-dealkylation sites (tertiary alicyclic amines) is 1. The molecular weight excluding hydrogens is 368 g/mol. The number of amides is 2. The van der Waals surface area contributed by atoms with Crippen molar-refractivity contribution >= 4 is 23.2 Å². The summed E-state index contributed by atoms with van der Waals surface area (Å²) in [6, 6.07) is 13.6. The Morgan fingerprint density at radius 1 is 1.17 bits per heavy atom. The minimum Gasteiger partial charge on any atom is -0.496 e. The number of nitrogens with one attached hydrogen (secondary N) is 2. The zero-order valence-electron chi connectivity index (χ0n) is 16.9. The third-order valence-corrected chi connectivity index (χ3v) is 5.10. The summed E-state index contributed by atoms with van der Waals surface area (Å²) in [6.45, 7) is 4.19. The van der Waals surface area contributed by atoms with Gasteiger partial charge in [-0.3, -0.25) is 14.5 Å². The van der Waals surface area contributed by atoms with E-state index >= 15 is 0 Å². The van der Waals surface area contributed by atoms with Gasteiger partial charge in [0.2, 0.25) is 5.91 Å². The molecule has 0 aromatic heterocycles. The summed E-state index contributed by atoms with van der Waals surface area (Å²) in [4.78, 5) is 26.5. The minimum atomic E-state index is -0.238. The number of nitrogens with zero attached hydrogens (tertiary/aromatic N) is 1. The number of piperidine rings is 1. The van der Waals surface area contributed by atoms with Crippen molar-refractivity contribution in [3.05, 3.63) is 53.6 Å². The van der Waals surface area contributed by atoms with E-state index in [-0.39, 0.29) is 17.9 Å². The first-order valence-corrected chi connectivity index (χ1v) is 9.78. The Kier molecular flexibility index (Phi) is 6.72. The normalized spacial score (nSPS) is 15.0. The smallest absolute Gasteiger partial charge is 0.255 e. The van der Waals surface area contributed by atoms with E-state index in [2.05, 4.69) is 39.8 Å². The topological polar surface area (TPSA) is 96.7 Å². The number of nitrogen functional groups attached to an aromatic ring is 1. The second kappa shape index (κ2) is 9.43. The zero-order chi connectivity index (χ0) is 20.8. The van der Waals surface area contributed by atoms with Gasteiger partial charge in [-0.05, 0) is 24.5 Å². The van der Waals surface area contributed by atoms with Crippen LogP contribution in [0.2, 0.25) is 0 Å². The molecule has 0 atom stereocenters. The van der Waals surface area contributed by atoms with Crippen LogP contribution in [0.1, 0.15) is 35.7 Å². The maximum Gasteiger partial charge on any atom is 0.255 e. The average molecular weight is 396 g/mol. The van der Waals surface area contributed by atoms with Gasteiger partial charge in [0.1, 0.15) is 5.75 Å². The molecule has 7 heteroatoms. The number of ether oxygens (including phenoxy) is 1. The molecule has 2 aromatic rings. The van der Waals surface area contributed by atoms with Gasteiger partial charge in [0.05, 0.1) is 24.0 Å². The first kappa shape index (κ1) is 20.7. The number of methoxy groups -OCH3 is 1. The molecular formula is C22H28N4O3. The molecule has 0 bridgehead atoms. The predicted molar refractivity (Wildman–Crippen MR) is 114 cm³/mol. The highest BCUT2D eigenvalue weighted by Gasteiger charge is 2.23. The SMILES string of the molecule is COc1cc(NC(C)=O)c(N)cc1C(=O)NC1CCN(Cc2ccccc2)CC1. The standard InChI is InChI=1S/C22H28N4O3/c1-15(27)24-20-13-21(29-2)18(12-19(20)23)22(28)25-17-8-10-26(11-9-17)14-16-6-4-3-5-7-16/h3-7,12-13,17H,8-11,14,23H2,1-2H3,(H,24,27)(H,25,28). The molecule has 1 saturated heterocycles. The van der Waals surface area contributed by atoms with Crippen LogP contribution in [0.15, 0.2) is 42.5 Å². The van der Waals surface area contributed by atoms with Gasteiger partial charge in [-0.15, -0.1) is 0 Å². The van der Waals surface area contributed by atoms with Crippen molar-refractivity contribution in [2.45, 2.75) is 32.4 Å². The number of nitrogens with two attached hydrogens (primary N) is 1. The van der Waals surface area contributed by atoms with Crippen LogP contribution < -0.4 is 21.1 Å². The van der Waals surface area contributed by atoms with Crippen LogP contribution in [-0.4, -0.2) is 43.0 Å². The van der Waals surface area contributed by atoms with E-state index in [4.69, 9.17) is 10.5 Å². The van der Waals surface area contributed by atoms with E-state index < -0.39 is 0 Å². The summed E-state index contributed by atoms with van der Waals surface area (Å²) >= 11 is 0. The molecule has 0 aliphatic carbocycles. The monoisotopic (exact) mass is 396 g/mol. The van der Waals surface area contributed by atoms with Crippen LogP contribution in [0, 0.1) is 0 Å². The fraction of sp³-hybridized carbons (Fsp3) is 0.364. The first-order valence-electron chi connectivity index (χ1n) is 9.78. The van der Waals surface area contributed by atoms with Crippen molar-refractivity contribution in [1.29, 1.82) is 0 Å². The minimum absolute atomic E-state index is 0.107. The summed E-state index contributed by atoms with van der Waals surface area (Å²) in [5.41, 5.74) is 8.42. The van der Waals surface area contributed by atoms with Crippen LogP contribution in [-0.2, 0) is 11.3 Å². The molecule has 1 heterocycles. The molecule has 2 amide bonds. The van der Waals surface area contributed by atoms with Crippen LogP contribution in [0.4, 0.5) is 11.4 Å². The molecule has 4 N–H and O–H groups in total. The number of rotatable bonds is 6. The highest BCUT2D eigenvalue weighted by Crippen LogP contribution is 2.29. The lowest BCUT2D eigenvalue weighted by Crippen LogP contribution is -2.44. The van der Waals surface area contributed by atoms with Crippen LogP contribution >= 0.6 is 0 Å². The molecule has 154 valence electrons. The Bertz CT molecular complexity index is 862. The summed E-state index contributed by atoms with van der Waals surface area (Å²) in [5.74, 6) is -0.0791. The highest BCUT2D eigenvalue weighted by molar-refractivity contribution is 6.01. The molecule has 29 heavy (non-hydrogen) atoms. The van der Waals surface area contributed by atoms with Gasteiger partial charge in [-0.2, -0.15) is 0 Å². The number of carbonyl (C=O) groups is 2. The van der Waals surface area contributed by atoms with Crippen LogP contribution in [0.25, 0.3) is 0 Å². The van der Waals surface area contributed by atoms with Gasteiger partial charge in [-0.25, -0.2) is 0 Å². The molecule has 0 radical (unpaired) electrons. The van der Waals surface area contributed by atoms with Crippen molar-refractivity contribution in [2.75, 3.05) is 31.2 Å². The van der Waals surface area contributed by atoms with Gasteiger partial charge in [0.15, 0.2) is 0 Å².